The third-order valence-electron chi connectivity index (χ3n) is 3.38. The molecule has 0 saturated heterocycles. The van der Waals surface area contributed by atoms with E-state index in [9.17, 15) is 18.0 Å². The summed E-state index contributed by atoms with van der Waals surface area (Å²) in [5.74, 6) is 0. The molecule has 0 amide bonds. The van der Waals surface area contributed by atoms with Crippen molar-refractivity contribution in [1.29, 1.82) is 0 Å². The molecule has 0 saturated carbocycles. The Balaban J connectivity index is 2.31. The van der Waals surface area contributed by atoms with Gasteiger partial charge in [-0.3, -0.25) is 4.79 Å². The molecular weight excluding hydrogens is 305 g/mol. The lowest BCUT2D eigenvalue weighted by Gasteiger charge is -2.07. The van der Waals surface area contributed by atoms with Crippen LogP contribution in [0.4, 0.5) is 13.2 Å². The first-order valence-electron chi connectivity index (χ1n) is 6.88. The Hall–Kier alpha value is -2.63. The minimum absolute atomic E-state index is 0.299. The van der Waals surface area contributed by atoms with Gasteiger partial charge in [-0.2, -0.15) is 18.3 Å². The summed E-state index contributed by atoms with van der Waals surface area (Å²) >= 11 is 0. The molecule has 2 rings (SSSR count). The number of alkyl halides is 3. The maximum Gasteiger partial charge on any atom is 0.415 e. The Bertz CT molecular complexity index is 845. The standard InChI is InChI=1S/C17H15F3N2O/c1-3-12(9-8-11(2)17(18,19)20)10-15-13-6-4-5-7-14(13)16(23)22-21-15/h3-9H,2,10H2,1H3,(H,22,23)/b9-8-,12-3+. The number of nitrogens with zero attached hydrogens (tertiary/aromatic N) is 1. The lowest BCUT2D eigenvalue weighted by atomic mass is 10.0. The minimum atomic E-state index is -4.45. The number of rotatable bonds is 4. The maximum absolute atomic E-state index is 12.5. The van der Waals surface area contributed by atoms with Crippen LogP contribution in [0.1, 0.15) is 12.6 Å². The molecule has 6 heteroatoms. The smallest absolute Gasteiger partial charge is 0.267 e. The average Bonchev–Trinajstić information content (AvgIpc) is 2.52. The zero-order valence-electron chi connectivity index (χ0n) is 12.4. The van der Waals surface area contributed by atoms with Crippen molar-refractivity contribution in [1.82, 2.24) is 10.2 Å². The van der Waals surface area contributed by atoms with E-state index in [1.807, 2.05) is 0 Å². The van der Waals surface area contributed by atoms with Gasteiger partial charge in [0, 0.05) is 17.4 Å². The van der Waals surface area contributed by atoms with Crippen molar-refractivity contribution in [2.75, 3.05) is 0 Å². The first-order valence-corrected chi connectivity index (χ1v) is 6.88. The molecule has 2 aromatic rings. The summed E-state index contributed by atoms with van der Waals surface area (Å²) in [6, 6.07) is 6.96. The number of nitrogens with one attached hydrogen (secondary N) is 1. The maximum atomic E-state index is 12.5. The third kappa shape index (κ3) is 3.97. The fourth-order valence-electron chi connectivity index (χ4n) is 2.06. The average molecular weight is 320 g/mol. The quantitative estimate of drug-likeness (QED) is 0.863. The minimum Gasteiger partial charge on any atom is -0.267 e. The summed E-state index contributed by atoms with van der Waals surface area (Å²) in [5, 5.41) is 7.60. The molecule has 0 aliphatic carbocycles. The van der Waals surface area contributed by atoms with E-state index in [4.69, 9.17) is 0 Å². The molecule has 3 nitrogen and oxygen atoms in total. The summed E-state index contributed by atoms with van der Waals surface area (Å²) < 4.78 is 37.4. The number of hydrogen-bond acceptors (Lipinski definition) is 2. The van der Waals surface area contributed by atoms with E-state index in [0.717, 1.165) is 6.08 Å². The lowest BCUT2D eigenvalue weighted by molar-refractivity contribution is -0.0878. The van der Waals surface area contributed by atoms with Gasteiger partial charge in [0.05, 0.1) is 11.1 Å². The molecule has 0 spiro atoms. The fourth-order valence-corrected chi connectivity index (χ4v) is 2.06. The first-order chi connectivity index (χ1) is 10.8. The van der Waals surface area contributed by atoms with Gasteiger partial charge in [-0.1, -0.05) is 43.0 Å². The van der Waals surface area contributed by atoms with Gasteiger partial charge >= 0.3 is 6.18 Å². The summed E-state index contributed by atoms with van der Waals surface area (Å²) in [6.45, 7) is 4.72. The van der Waals surface area contributed by atoms with E-state index in [1.165, 1.54) is 6.08 Å². The van der Waals surface area contributed by atoms with E-state index in [1.54, 1.807) is 37.3 Å². The third-order valence-corrected chi connectivity index (χ3v) is 3.38. The van der Waals surface area contributed by atoms with E-state index in [2.05, 4.69) is 16.8 Å². The zero-order valence-corrected chi connectivity index (χ0v) is 12.4. The number of aromatic amines is 1. The zero-order chi connectivity index (χ0) is 17.0. The van der Waals surface area contributed by atoms with Gasteiger partial charge in [-0.05, 0) is 18.6 Å². The van der Waals surface area contributed by atoms with Crippen molar-refractivity contribution < 1.29 is 13.2 Å². The normalized spacial score (nSPS) is 13.0. The molecule has 0 bridgehead atoms. The highest BCUT2D eigenvalue weighted by Gasteiger charge is 2.29. The number of allylic oxidation sites excluding steroid dienone is 5. The van der Waals surface area contributed by atoms with Crippen molar-refractivity contribution in [3.05, 3.63) is 76.3 Å². The number of halogens is 3. The SMILES string of the molecule is C=C(/C=C\C(=C/C)Cc1n[nH]c(=O)c2ccccc12)C(F)(F)F. The van der Waals surface area contributed by atoms with E-state index in [-0.39, 0.29) is 5.56 Å². The predicted octanol–water partition coefficient (Wildman–Crippen LogP) is 4.09. The largest absolute Gasteiger partial charge is 0.415 e. The Morgan fingerprint density at radius 1 is 1.26 bits per heavy atom. The van der Waals surface area contributed by atoms with Crippen molar-refractivity contribution in [3.8, 4) is 0 Å². The van der Waals surface area contributed by atoms with Crippen LogP contribution in [0.2, 0.25) is 0 Å². The van der Waals surface area contributed by atoms with Crippen LogP contribution in [0, 0.1) is 0 Å². The lowest BCUT2D eigenvalue weighted by Crippen LogP contribution is -2.11. The number of benzene rings is 1. The van der Waals surface area contributed by atoms with Crippen LogP contribution in [0.15, 0.2) is 65.0 Å². The van der Waals surface area contributed by atoms with Gasteiger partial charge in [0.2, 0.25) is 0 Å². The molecule has 23 heavy (non-hydrogen) atoms. The summed E-state index contributed by atoms with van der Waals surface area (Å²) in [4.78, 5) is 11.7. The molecule has 0 aliphatic heterocycles. The Labute approximate surface area is 130 Å². The van der Waals surface area contributed by atoms with Crippen LogP contribution < -0.4 is 5.56 Å². The topological polar surface area (TPSA) is 45.8 Å². The number of fused-ring (bicyclic) bond motifs is 1. The molecule has 0 unspecified atom stereocenters. The van der Waals surface area contributed by atoms with Crippen molar-refractivity contribution in [2.45, 2.75) is 19.5 Å². The van der Waals surface area contributed by atoms with Gasteiger partial charge in [0.1, 0.15) is 0 Å². The van der Waals surface area contributed by atoms with E-state index < -0.39 is 11.7 Å². The van der Waals surface area contributed by atoms with Crippen LogP contribution in [0.25, 0.3) is 10.8 Å². The highest BCUT2D eigenvalue weighted by Crippen LogP contribution is 2.25. The highest BCUT2D eigenvalue weighted by atomic mass is 19.4. The van der Waals surface area contributed by atoms with Gasteiger partial charge in [0.25, 0.3) is 5.56 Å². The van der Waals surface area contributed by atoms with Crippen molar-refractivity contribution >= 4 is 10.8 Å². The fraction of sp³-hybridized carbons (Fsp3) is 0.176. The molecule has 0 radical (unpaired) electrons. The van der Waals surface area contributed by atoms with E-state index in [0.29, 0.717) is 28.5 Å². The Kier molecular flexibility index (Phi) is 4.83. The van der Waals surface area contributed by atoms with Crippen LogP contribution in [-0.2, 0) is 6.42 Å². The molecular formula is C17H15F3N2O. The van der Waals surface area contributed by atoms with Crippen molar-refractivity contribution in [3.63, 3.8) is 0 Å². The highest BCUT2D eigenvalue weighted by molar-refractivity contribution is 5.83. The summed E-state index contributed by atoms with van der Waals surface area (Å²) in [6.07, 6.45) is -0.157. The molecule has 1 N–H and O–H groups in total. The predicted molar refractivity (Wildman–Crippen MR) is 84.2 cm³/mol. The van der Waals surface area contributed by atoms with Crippen LogP contribution in [-0.4, -0.2) is 16.4 Å². The second-order valence-corrected chi connectivity index (χ2v) is 4.94. The van der Waals surface area contributed by atoms with Gasteiger partial charge < -0.3 is 0 Å². The number of hydrogen-bond donors (Lipinski definition) is 1. The van der Waals surface area contributed by atoms with Crippen LogP contribution in [0.3, 0.4) is 0 Å². The second kappa shape index (κ2) is 6.64. The van der Waals surface area contributed by atoms with Gasteiger partial charge in [-0.25, -0.2) is 5.10 Å². The summed E-state index contributed by atoms with van der Waals surface area (Å²) in [7, 11) is 0. The Morgan fingerprint density at radius 3 is 2.52 bits per heavy atom. The molecule has 1 heterocycles. The van der Waals surface area contributed by atoms with Crippen molar-refractivity contribution in [2.24, 2.45) is 0 Å². The Morgan fingerprint density at radius 2 is 1.91 bits per heavy atom. The second-order valence-electron chi connectivity index (χ2n) is 4.94. The van der Waals surface area contributed by atoms with Gasteiger partial charge in [-0.15, -0.1) is 0 Å². The molecule has 1 aromatic heterocycles. The monoisotopic (exact) mass is 320 g/mol. The molecule has 120 valence electrons. The number of aromatic nitrogens is 2. The molecule has 0 fully saturated rings. The number of H-pyrrole nitrogens is 1. The molecule has 1 aromatic carbocycles. The summed E-state index contributed by atoms with van der Waals surface area (Å²) in [5.41, 5.74) is 0.0131. The first kappa shape index (κ1) is 16.7. The van der Waals surface area contributed by atoms with Crippen LogP contribution in [0.5, 0.6) is 0 Å². The molecule has 0 aliphatic rings. The van der Waals surface area contributed by atoms with Crippen LogP contribution >= 0.6 is 0 Å². The molecule has 0 atom stereocenters. The van der Waals surface area contributed by atoms with Gasteiger partial charge in [0.15, 0.2) is 0 Å². The van der Waals surface area contributed by atoms with E-state index >= 15 is 0 Å².